The van der Waals surface area contributed by atoms with Gasteiger partial charge in [-0.2, -0.15) is 0 Å². The van der Waals surface area contributed by atoms with Gasteiger partial charge in [-0.15, -0.1) is 0 Å². The summed E-state index contributed by atoms with van der Waals surface area (Å²) in [4.78, 5) is 0. The first-order valence-corrected chi connectivity index (χ1v) is 6.46. The molecule has 0 N–H and O–H groups in total. The topological polar surface area (TPSA) is 0 Å². The maximum Gasteiger partial charge on any atom is -0.0500 e. The van der Waals surface area contributed by atoms with Crippen LogP contribution in [0, 0.1) is 11.8 Å². The van der Waals surface area contributed by atoms with E-state index in [2.05, 4.69) is 41.5 Å². The van der Waals surface area contributed by atoms with Gasteiger partial charge in [0.1, 0.15) is 0 Å². The third-order valence-corrected chi connectivity index (χ3v) is 0. The van der Waals surface area contributed by atoms with Crippen LogP contribution in [0.25, 0.3) is 0 Å². The zero-order chi connectivity index (χ0) is 13.2. The highest BCUT2D eigenvalue weighted by Crippen LogP contribution is 1.81. The largest absolute Gasteiger partial charge is 0.0776 e. The van der Waals surface area contributed by atoms with Gasteiger partial charge in [0.2, 0.25) is 0 Å². The van der Waals surface area contributed by atoms with Crippen LogP contribution in [0.3, 0.4) is 0 Å². The Bertz CT molecular complexity index is 15.5. The van der Waals surface area contributed by atoms with Gasteiger partial charge < -0.3 is 0 Å². The normalized spacial score (nSPS) is 5.00. The van der Waals surface area contributed by atoms with Gasteiger partial charge in [0.05, 0.1) is 0 Å². The molecule has 0 nitrogen and oxygen atoms in total. The zero-order valence-corrected chi connectivity index (χ0v) is 13.2. The highest BCUT2D eigenvalue weighted by Gasteiger charge is 1.68. The van der Waals surface area contributed by atoms with E-state index in [0.29, 0.717) is 0 Å². The molecule has 0 aliphatic heterocycles. The van der Waals surface area contributed by atoms with Crippen molar-refractivity contribution in [1.29, 1.82) is 0 Å². The Morgan fingerprint density at radius 1 is 0.333 bits per heavy atom. The fourth-order valence-corrected chi connectivity index (χ4v) is 0. The fourth-order valence-electron chi connectivity index (χ4n) is 0. The van der Waals surface area contributed by atoms with Crippen molar-refractivity contribution in [2.75, 3.05) is 0 Å². The van der Waals surface area contributed by atoms with Crippen molar-refractivity contribution < 1.29 is 0 Å². The first kappa shape index (κ1) is 64.2. The Kier molecular flexibility index (Phi) is 431. The SMILES string of the molecule is C.C.C.C.CC.CC.CC.CC(C)C.CC(C)C. The molecular weight excluding hydrogens is 216 g/mol. The molecule has 0 bridgehead atoms. The minimum Gasteiger partial charge on any atom is -0.0776 e. The molecule has 0 radical (unpaired) electrons. The molecule has 0 saturated heterocycles. The molecule has 0 amide bonds. The molecule has 0 heterocycles. The van der Waals surface area contributed by atoms with Crippen molar-refractivity contribution >= 4 is 0 Å². The predicted molar refractivity (Wildman–Crippen MR) is 102 cm³/mol. The lowest BCUT2D eigenvalue weighted by Crippen LogP contribution is -1.66. The van der Waals surface area contributed by atoms with Crippen LogP contribution >= 0.6 is 0 Å². The number of hydrogen-bond acceptors (Lipinski definition) is 0. The minimum absolute atomic E-state index is 0. The minimum atomic E-state index is 0. The molecule has 0 atom stereocenters. The van der Waals surface area contributed by atoms with E-state index in [1.165, 1.54) is 0 Å². The van der Waals surface area contributed by atoms with Crippen molar-refractivity contribution in [3.05, 3.63) is 0 Å². The standard InChI is InChI=1S/2C4H10.3C2H6.4CH4/c2*1-4(2)3;3*1-2;;;;/h2*4H,1-3H3;3*1-2H3;4*1H4. The van der Waals surface area contributed by atoms with E-state index in [0.717, 1.165) is 11.8 Å². The molecule has 0 saturated carbocycles. The van der Waals surface area contributed by atoms with Crippen molar-refractivity contribution in [2.24, 2.45) is 11.8 Å². The van der Waals surface area contributed by atoms with Crippen LogP contribution in [-0.2, 0) is 0 Å². The second kappa shape index (κ2) is 121. The third kappa shape index (κ3) is 0. The highest BCUT2D eigenvalue weighted by molar-refractivity contribution is 4.21. The van der Waals surface area contributed by atoms with E-state index in [1.54, 1.807) is 0 Å². The van der Waals surface area contributed by atoms with Gasteiger partial charge >= 0.3 is 0 Å². The zero-order valence-electron chi connectivity index (χ0n) is 13.2. The van der Waals surface area contributed by atoms with E-state index in [-0.39, 0.29) is 29.7 Å². The average Bonchev–Trinajstić information content (AvgIpc) is 2.12. The van der Waals surface area contributed by atoms with Crippen LogP contribution in [0.4, 0.5) is 0 Å². The van der Waals surface area contributed by atoms with Crippen LogP contribution in [0.5, 0.6) is 0 Å². The summed E-state index contributed by atoms with van der Waals surface area (Å²) < 4.78 is 0. The van der Waals surface area contributed by atoms with Gasteiger partial charge in [-0.1, -0.05) is 113 Å². The second-order valence-electron chi connectivity index (χ2n) is 3.46. The lowest BCUT2D eigenvalue weighted by atomic mass is 10.3. The summed E-state index contributed by atoms with van der Waals surface area (Å²) in [6, 6.07) is 0. The van der Waals surface area contributed by atoms with Gasteiger partial charge in [0.15, 0.2) is 0 Å². The Labute approximate surface area is 125 Å². The Hall–Kier alpha value is 0. The molecule has 0 aromatic carbocycles. The van der Waals surface area contributed by atoms with Crippen LogP contribution in [0.15, 0.2) is 0 Å². The maximum atomic E-state index is 2.17. The summed E-state index contributed by atoms with van der Waals surface area (Å²) in [6.45, 7) is 25.0. The van der Waals surface area contributed by atoms with Gasteiger partial charge in [-0.3, -0.25) is 0 Å². The van der Waals surface area contributed by atoms with Crippen molar-refractivity contribution in [3.8, 4) is 0 Å². The second-order valence-corrected chi connectivity index (χ2v) is 3.46. The maximum absolute atomic E-state index is 2.17. The molecule has 0 rings (SSSR count). The smallest absolute Gasteiger partial charge is 0.0500 e. The van der Waals surface area contributed by atoms with Crippen LogP contribution in [0.2, 0.25) is 0 Å². The van der Waals surface area contributed by atoms with Gasteiger partial charge in [-0.25, -0.2) is 0 Å². The monoisotopic (exact) mass is 270 g/mol. The molecule has 0 spiro atoms. The first-order chi connectivity index (χ1) is 6.46. The van der Waals surface area contributed by atoms with Crippen molar-refractivity contribution in [3.63, 3.8) is 0 Å². The molecule has 0 aromatic heterocycles. The Balaban J connectivity index is -0.00000000792. The van der Waals surface area contributed by atoms with Gasteiger partial charge in [0, 0.05) is 0 Å². The van der Waals surface area contributed by atoms with Gasteiger partial charge in [0.25, 0.3) is 0 Å². The van der Waals surface area contributed by atoms with Crippen molar-refractivity contribution in [2.45, 2.75) is 113 Å². The fraction of sp³-hybridized carbons (Fsp3) is 1.00. The Morgan fingerprint density at radius 2 is 0.333 bits per heavy atom. The molecule has 18 heavy (non-hydrogen) atoms. The summed E-state index contributed by atoms with van der Waals surface area (Å²) in [7, 11) is 0. The number of rotatable bonds is 0. The predicted octanol–water partition coefficient (Wildman–Crippen LogP) is 8.95. The van der Waals surface area contributed by atoms with Crippen LogP contribution in [0.1, 0.15) is 113 Å². The highest BCUT2D eigenvalue weighted by atomic mass is 13.7. The van der Waals surface area contributed by atoms with Crippen molar-refractivity contribution in [1.82, 2.24) is 0 Å². The molecule has 126 valence electrons. The summed E-state index contributed by atoms with van der Waals surface area (Å²) in [5, 5.41) is 0. The molecule has 0 aromatic rings. The van der Waals surface area contributed by atoms with E-state index in [1.807, 2.05) is 41.5 Å². The van der Waals surface area contributed by atoms with Gasteiger partial charge in [-0.05, 0) is 11.8 Å². The summed E-state index contributed by atoms with van der Waals surface area (Å²) >= 11 is 0. The molecule has 0 heteroatoms. The Morgan fingerprint density at radius 3 is 0.333 bits per heavy atom. The van der Waals surface area contributed by atoms with Crippen LogP contribution in [-0.4, -0.2) is 0 Å². The summed E-state index contributed by atoms with van der Waals surface area (Å²) in [6.07, 6.45) is 0. The quantitative estimate of drug-likeness (QED) is 0.412. The lowest BCUT2D eigenvalue weighted by molar-refractivity contribution is 0.736. The number of hydrogen-bond donors (Lipinski definition) is 0. The van der Waals surface area contributed by atoms with E-state index in [9.17, 15) is 0 Å². The molecule has 0 aliphatic carbocycles. The first-order valence-electron chi connectivity index (χ1n) is 6.46. The average molecular weight is 271 g/mol. The molecule has 0 aliphatic rings. The van der Waals surface area contributed by atoms with E-state index >= 15 is 0 Å². The summed E-state index contributed by atoms with van der Waals surface area (Å²) in [5.74, 6) is 1.67. The van der Waals surface area contributed by atoms with Crippen LogP contribution < -0.4 is 0 Å². The molecular formula is C18H54. The summed E-state index contributed by atoms with van der Waals surface area (Å²) in [5.41, 5.74) is 0. The third-order valence-electron chi connectivity index (χ3n) is 0. The molecule has 0 fully saturated rings. The van der Waals surface area contributed by atoms with E-state index < -0.39 is 0 Å². The van der Waals surface area contributed by atoms with E-state index in [4.69, 9.17) is 0 Å². The molecule has 0 unspecified atom stereocenters. The lowest BCUT2D eigenvalue weighted by Gasteiger charge is -1.79.